The van der Waals surface area contributed by atoms with Gasteiger partial charge in [0.05, 0.1) is 5.56 Å². The van der Waals surface area contributed by atoms with Gasteiger partial charge in [-0.1, -0.05) is 13.0 Å². The minimum absolute atomic E-state index is 0.278. The topological polar surface area (TPSA) is 46.3 Å². The van der Waals surface area contributed by atoms with Gasteiger partial charge in [-0.2, -0.15) is 0 Å². The Labute approximate surface area is 122 Å². The number of rotatable bonds is 4. The maximum absolute atomic E-state index is 13.8. The second-order valence-electron chi connectivity index (χ2n) is 4.65. The molecule has 0 heterocycles. The molecule has 1 amide bonds. The van der Waals surface area contributed by atoms with E-state index in [2.05, 4.69) is 0 Å². The van der Waals surface area contributed by atoms with Crippen LogP contribution in [0.4, 0.5) is 20.2 Å². The summed E-state index contributed by atoms with van der Waals surface area (Å²) >= 11 is 0. The monoisotopic (exact) mass is 290 g/mol. The van der Waals surface area contributed by atoms with E-state index in [1.165, 1.54) is 17.0 Å². The van der Waals surface area contributed by atoms with Crippen molar-refractivity contribution in [3.05, 3.63) is 59.7 Å². The van der Waals surface area contributed by atoms with Crippen LogP contribution < -0.4 is 10.6 Å². The molecule has 2 aromatic carbocycles. The van der Waals surface area contributed by atoms with Crippen molar-refractivity contribution in [2.24, 2.45) is 0 Å². The van der Waals surface area contributed by atoms with Crippen molar-refractivity contribution in [3.8, 4) is 0 Å². The van der Waals surface area contributed by atoms with Crippen molar-refractivity contribution in [2.45, 2.75) is 13.3 Å². The van der Waals surface area contributed by atoms with Crippen molar-refractivity contribution >= 4 is 17.3 Å². The molecule has 5 heteroatoms. The molecule has 110 valence electrons. The molecule has 3 nitrogen and oxygen atoms in total. The number of halogens is 2. The molecule has 0 saturated heterocycles. The number of nitrogens with zero attached hydrogens (tertiary/aromatic N) is 1. The number of carbonyl (C=O) groups excluding carboxylic acids is 1. The van der Waals surface area contributed by atoms with Gasteiger partial charge in [-0.3, -0.25) is 4.79 Å². The van der Waals surface area contributed by atoms with Crippen LogP contribution in [0.3, 0.4) is 0 Å². The molecule has 2 rings (SSSR count). The van der Waals surface area contributed by atoms with E-state index in [0.717, 1.165) is 6.07 Å². The largest absolute Gasteiger partial charge is 0.399 e. The molecule has 0 fully saturated rings. The van der Waals surface area contributed by atoms with Crippen LogP contribution in [0, 0.1) is 11.6 Å². The molecule has 2 N–H and O–H groups in total. The van der Waals surface area contributed by atoms with Gasteiger partial charge in [-0.15, -0.1) is 0 Å². The van der Waals surface area contributed by atoms with Gasteiger partial charge in [-0.05, 0) is 42.8 Å². The zero-order chi connectivity index (χ0) is 15.4. The number of hydrogen-bond donors (Lipinski definition) is 1. The highest BCUT2D eigenvalue weighted by Crippen LogP contribution is 2.21. The van der Waals surface area contributed by atoms with Gasteiger partial charge in [0.1, 0.15) is 0 Å². The minimum Gasteiger partial charge on any atom is -0.399 e. The normalized spacial score (nSPS) is 10.4. The Balaban J connectivity index is 2.40. The Hall–Kier alpha value is -2.43. The number of amides is 1. The van der Waals surface area contributed by atoms with Crippen LogP contribution in [-0.2, 0) is 0 Å². The highest BCUT2D eigenvalue weighted by Gasteiger charge is 2.21. The highest BCUT2D eigenvalue weighted by molar-refractivity contribution is 6.06. The van der Waals surface area contributed by atoms with Crippen LogP contribution >= 0.6 is 0 Å². The second-order valence-corrected chi connectivity index (χ2v) is 4.65. The lowest BCUT2D eigenvalue weighted by atomic mass is 10.1. The Bertz CT molecular complexity index is 641. The van der Waals surface area contributed by atoms with Crippen LogP contribution in [0.25, 0.3) is 0 Å². The third-order valence-electron chi connectivity index (χ3n) is 3.08. The number of benzene rings is 2. The van der Waals surface area contributed by atoms with E-state index in [1.807, 2.05) is 6.92 Å². The lowest BCUT2D eigenvalue weighted by Crippen LogP contribution is -2.32. The average molecular weight is 290 g/mol. The predicted octanol–water partition coefficient (Wildman–Crippen LogP) is 3.60. The first kappa shape index (κ1) is 15.0. The summed E-state index contributed by atoms with van der Waals surface area (Å²) in [5.74, 6) is -2.73. The summed E-state index contributed by atoms with van der Waals surface area (Å²) < 4.78 is 27.1. The maximum Gasteiger partial charge on any atom is 0.261 e. The van der Waals surface area contributed by atoms with Crippen molar-refractivity contribution in [1.82, 2.24) is 0 Å². The zero-order valence-electron chi connectivity index (χ0n) is 11.6. The summed E-state index contributed by atoms with van der Waals surface area (Å²) in [4.78, 5) is 13.9. The van der Waals surface area contributed by atoms with E-state index >= 15 is 0 Å². The van der Waals surface area contributed by atoms with Gasteiger partial charge in [0, 0.05) is 17.9 Å². The standard InChI is InChI=1S/C16H16F2N2O/c1-2-10-20(12-8-6-11(19)7-9-12)16(21)13-4-3-5-14(17)15(13)18/h3-9H,2,10,19H2,1H3. The molecule has 21 heavy (non-hydrogen) atoms. The summed E-state index contributed by atoms with van der Waals surface area (Å²) in [5.41, 5.74) is 6.51. The fourth-order valence-electron chi connectivity index (χ4n) is 2.04. The van der Waals surface area contributed by atoms with E-state index < -0.39 is 17.5 Å². The van der Waals surface area contributed by atoms with E-state index in [-0.39, 0.29) is 5.56 Å². The maximum atomic E-state index is 13.8. The Morgan fingerprint density at radius 1 is 1.14 bits per heavy atom. The lowest BCUT2D eigenvalue weighted by molar-refractivity contribution is 0.0982. The predicted molar refractivity (Wildman–Crippen MR) is 79.2 cm³/mol. The minimum atomic E-state index is -1.13. The van der Waals surface area contributed by atoms with Crippen molar-refractivity contribution < 1.29 is 13.6 Å². The van der Waals surface area contributed by atoms with E-state index in [0.29, 0.717) is 24.3 Å². The Kier molecular flexibility index (Phi) is 4.52. The van der Waals surface area contributed by atoms with Gasteiger partial charge < -0.3 is 10.6 Å². The summed E-state index contributed by atoms with van der Waals surface area (Å²) in [6.45, 7) is 2.30. The molecule has 0 atom stereocenters. The molecule has 0 aliphatic rings. The van der Waals surface area contributed by atoms with Crippen LogP contribution in [0.15, 0.2) is 42.5 Å². The molecule has 0 spiro atoms. The Morgan fingerprint density at radius 3 is 2.43 bits per heavy atom. The van der Waals surface area contributed by atoms with Gasteiger partial charge in [0.2, 0.25) is 0 Å². The summed E-state index contributed by atoms with van der Waals surface area (Å²) in [5, 5.41) is 0. The molecule has 0 aliphatic heterocycles. The van der Waals surface area contributed by atoms with E-state index in [4.69, 9.17) is 5.73 Å². The first-order chi connectivity index (χ1) is 10.0. The summed E-state index contributed by atoms with van der Waals surface area (Å²) in [6.07, 6.45) is 0.688. The fraction of sp³-hybridized carbons (Fsp3) is 0.188. The molecule has 0 saturated carbocycles. The molecule has 2 aromatic rings. The van der Waals surface area contributed by atoms with Crippen molar-refractivity contribution in [1.29, 1.82) is 0 Å². The van der Waals surface area contributed by atoms with Crippen molar-refractivity contribution in [3.63, 3.8) is 0 Å². The third kappa shape index (κ3) is 3.18. The van der Waals surface area contributed by atoms with Crippen LogP contribution in [0.5, 0.6) is 0 Å². The molecule has 0 aromatic heterocycles. The molecule has 0 bridgehead atoms. The van der Waals surface area contributed by atoms with E-state index in [9.17, 15) is 13.6 Å². The SMILES string of the molecule is CCCN(C(=O)c1cccc(F)c1F)c1ccc(N)cc1. The third-order valence-corrected chi connectivity index (χ3v) is 3.08. The summed E-state index contributed by atoms with van der Waals surface area (Å²) in [6, 6.07) is 10.3. The van der Waals surface area contributed by atoms with Gasteiger partial charge in [-0.25, -0.2) is 8.78 Å². The van der Waals surface area contributed by atoms with Gasteiger partial charge in [0.15, 0.2) is 11.6 Å². The first-order valence-electron chi connectivity index (χ1n) is 6.66. The number of nitrogen functional groups attached to an aromatic ring is 1. The van der Waals surface area contributed by atoms with Gasteiger partial charge >= 0.3 is 0 Å². The quantitative estimate of drug-likeness (QED) is 0.874. The number of anilines is 2. The highest BCUT2D eigenvalue weighted by atomic mass is 19.2. The molecule has 0 radical (unpaired) electrons. The Morgan fingerprint density at radius 2 is 1.81 bits per heavy atom. The van der Waals surface area contributed by atoms with Gasteiger partial charge in [0.25, 0.3) is 5.91 Å². The smallest absolute Gasteiger partial charge is 0.261 e. The lowest BCUT2D eigenvalue weighted by Gasteiger charge is -2.22. The fourth-order valence-corrected chi connectivity index (χ4v) is 2.04. The first-order valence-corrected chi connectivity index (χ1v) is 6.66. The van der Waals surface area contributed by atoms with Crippen LogP contribution in [0.2, 0.25) is 0 Å². The summed E-state index contributed by atoms with van der Waals surface area (Å²) in [7, 11) is 0. The van der Waals surface area contributed by atoms with Crippen LogP contribution in [0.1, 0.15) is 23.7 Å². The second kappa shape index (κ2) is 6.35. The zero-order valence-corrected chi connectivity index (χ0v) is 11.6. The van der Waals surface area contributed by atoms with Crippen molar-refractivity contribution in [2.75, 3.05) is 17.2 Å². The number of nitrogens with two attached hydrogens (primary N) is 1. The van der Waals surface area contributed by atoms with E-state index in [1.54, 1.807) is 24.3 Å². The number of carbonyl (C=O) groups is 1. The average Bonchev–Trinajstić information content (AvgIpc) is 2.48. The van der Waals surface area contributed by atoms with Crippen LogP contribution in [-0.4, -0.2) is 12.5 Å². The molecule has 0 aliphatic carbocycles. The molecular formula is C16H16F2N2O. The molecular weight excluding hydrogens is 274 g/mol. The molecule has 0 unspecified atom stereocenters. The number of hydrogen-bond acceptors (Lipinski definition) is 2.